The van der Waals surface area contributed by atoms with Crippen LogP contribution in [0.5, 0.6) is 0 Å². The van der Waals surface area contributed by atoms with E-state index in [1.54, 1.807) is 0 Å². The number of alkyl halides is 1. The van der Waals surface area contributed by atoms with Crippen LogP contribution >= 0.6 is 11.6 Å². The van der Waals surface area contributed by atoms with Crippen LogP contribution in [0.4, 0.5) is 0 Å². The Bertz CT molecular complexity index is 428. The molecular formula is C9H20ClNO4S2. The molecule has 0 bridgehead atoms. The monoisotopic (exact) mass is 305 g/mol. The zero-order valence-electron chi connectivity index (χ0n) is 10.4. The summed E-state index contributed by atoms with van der Waals surface area (Å²) in [5.74, 6) is 0.527. The average Bonchev–Trinajstić information content (AvgIpc) is 2.08. The smallest absolute Gasteiger partial charge is 0.226 e. The number of hydrogen-bond donors (Lipinski definition) is 1. The number of rotatable bonds is 8. The second-order valence-corrected chi connectivity index (χ2v) is 9.63. The quantitative estimate of drug-likeness (QED) is 0.677. The van der Waals surface area contributed by atoms with E-state index >= 15 is 0 Å². The summed E-state index contributed by atoms with van der Waals surface area (Å²) >= 11 is 5.57. The molecule has 0 radical (unpaired) electrons. The minimum Gasteiger partial charge on any atom is -0.228 e. The van der Waals surface area contributed by atoms with Crippen molar-refractivity contribution in [2.45, 2.75) is 26.7 Å². The van der Waals surface area contributed by atoms with E-state index in [0.29, 0.717) is 5.88 Å². The van der Waals surface area contributed by atoms with Crippen LogP contribution in [0.25, 0.3) is 0 Å². The van der Waals surface area contributed by atoms with Crippen molar-refractivity contribution in [3.8, 4) is 0 Å². The van der Waals surface area contributed by atoms with Crippen LogP contribution in [0.2, 0.25) is 0 Å². The summed E-state index contributed by atoms with van der Waals surface area (Å²) in [7, 11) is -7.31. The Morgan fingerprint density at radius 3 is 2.12 bits per heavy atom. The highest BCUT2D eigenvalue weighted by Gasteiger charge is 2.23. The lowest BCUT2D eigenvalue weighted by molar-refractivity contribution is 0.331. The summed E-state index contributed by atoms with van der Waals surface area (Å²) in [5, 5.41) is -0.869. The van der Waals surface area contributed by atoms with E-state index in [-0.39, 0.29) is 12.0 Å². The third-order valence-corrected chi connectivity index (χ3v) is 5.93. The molecule has 8 heteroatoms. The highest BCUT2D eigenvalue weighted by Crippen LogP contribution is 2.21. The molecule has 17 heavy (non-hydrogen) atoms. The molecule has 0 unspecified atom stereocenters. The molecule has 0 aliphatic heterocycles. The summed E-state index contributed by atoms with van der Waals surface area (Å²) in [6.45, 7) is 4.02. The van der Waals surface area contributed by atoms with Crippen molar-refractivity contribution < 1.29 is 16.8 Å². The van der Waals surface area contributed by atoms with Crippen molar-refractivity contribution in [3.63, 3.8) is 0 Å². The Balaban J connectivity index is 4.36. The predicted octanol–water partition coefficient (Wildman–Crippen LogP) is 0.953. The third kappa shape index (κ3) is 9.82. The molecule has 0 saturated carbocycles. The lowest BCUT2D eigenvalue weighted by Crippen LogP contribution is -2.37. The number of hydrogen-bond acceptors (Lipinski definition) is 4. The van der Waals surface area contributed by atoms with Crippen molar-refractivity contribution in [2.75, 3.05) is 23.8 Å². The van der Waals surface area contributed by atoms with Crippen LogP contribution in [0.1, 0.15) is 26.7 Å². The molecule has 0 aromatic carbocycles. The fourth-order valence-corrected chi connectivity index (χ4v) is 4.59. The van der Waals surface area contributed by atoms with Gasteiger partial charge in [-0.25, -0.2) is 21.6 Å². The van der Waals surface area contributed by atoms with Gasteiger partial charge in [0.25, 0.3) is 0 Å². The van der Waals surface area contributed by atoms with Gasteiger partial charge in [0.2, 0.25) is 10.0 Å². The maximum atomic E-state index is 11.5. The van der Waals surface area contributed by atoms with Crippen molar-refractivity contribution in [2.24, 2.45) is 5.41 Å². The van der Waals surface area contributed by atoms with Gasteiger partial charge in [0.05, 0.1) is 0 Å². The Labute approximate surface area is 109 Å². The van der Waals surface area contributed by atoms with E-state index in [4.69, 9.17) is 11.6 Å². The van der Waals surface area contributed by atoms with Gasteiger partial charge in [0.1, 0.15) is 0 Å². The minimum atomic E-state index is -3.77. The number of halogens is 1. The molecule has 104 valence electrons. The molecule has 0 saturated heterocycles. The second-order valence-electron chi connectivity index (χ2n) is 4.94. The number of nitrogens with one attached hydrogen (secondary N) is 1. The maximum absolute atomic E-state index is 11.5. The fraction of sp³-hybridized carbons (Fsp3) is 1.00. The first-order valence-corrected chi connectivity index (χ1v) is 9.43. The highest BCUT2D eigenvalue weighted by molar-refractivity contribution is 8.06. The SMILES string of the molecule is CC(C)(CCCCl)CNS(=O)(=O)CS(C)(=O)=O. The van der Waals surface area contributed by atoms with Gasteiger partial charge in [0.15, 0.2) is 14.9 Å². The lowest BCUT2D eigenvalue weighted by Gasteiger charge is -2.24. The summed E-state index contributed by atoms with van der Waals surface area (Å²) in [6, 6.07) is 0. The van der Waals surface area contributed by atoms with Crippen LogP contribution in [-0.2, 0) is 19.9 Å². The van der Waals surface area contributed by atoms with E-state index < -0.39 is 24.9 Å². The molecule has 0 aliphatic rings. The normalized spacial score (nSPS) is 13.9. The van der Waals surface area contributed by atoms with Gasteiger partial charge < -0.3 is 0 Å². The first-order valence-electron chi connectivity index (χ1n) is 5.18. The van der Waals surface area contributed by atoms with Crippen LogP contribution < -0.4 is 4.72 Å². The van der Waals surface area contributed by atoms with Gasteiger partial charge in [0, 0.05) is 18.7 Å². The molecule has 5 nitrogen and oxygen atoms in total. The Hall–Kier alpha value is 0.150. The second kappa shape index (κ2) is 6.36. The molecule has 0 aromatic heterocycles. The topological polar surface area (TPSA) is 80.3 Å². The zero-order valence-corrected chi connectivity index (χ0v) is 12.8. The van der Waals surface area contributed by atoms with Gasteiger partial charge in [-0.05, 0) is 18.3 Å². The first kappa shape index (κ1) is 17.2. The van der Waals surface area contributed by atoms with Gasteiger partial charge in [-0.2, -0.15) is 0 Å². The van der Waals surface area contributed by atoms with E-state index in [0.717, 1.165) is 19.1 Å². The number of sulfonamides is 1. The largest absolute Gasteiger partial charge is 0.228 e. The summed E-state index contributed by atoms with van der Waals surface area (Å²) in [5.41, 5.74) is -0.237. The summed E-state index contributed by atoms with van der Waals surface area (Å²) in [6.07, 6.45) is 2.46. The van der Waals surface area contributed by atoms with Crippen molar-refractivity contribution >= 4 is 31.5 Å². The molecule has 0 amide bonds. The van der Waals surface area contributed by atoms with Crippen molar-refractivity contribution in [1.29, 1.82) is 0 Å². The molecule has 0 fully saturated rings. The summed E-state index contributed by atoms with van der Waals surface area (Å²) < 4.78 is 47.0. The minimum absolute atomic E-state index is 0.210. The van der Waals surface area contributed by atoms with Crippen molar-refractivity contribution in [1.82, 2.24) is 4.72 Å². The van der Waals surface area contributed by atoms with Gasteiger partial charge in [-0.1, -0.05) is 13.8 Å². The third-order valence-electron chi connectivity index (χ3n) is 2.13. The molecule has 0 atom stereocenters. The molecule has 0 aromatic rings. The average molecular weight is 306 g/mol. The first-order chi connectivity index (χ1) is 7.47. The molecule has 0 heterocycles. The van der Waals surface area contributed by atoms with Gasteiger partial charge in [-0.3, -0.25) is 0 Å². The molecule has 0 rings (SSSR count). The lowest BCUT2D eigenvalue weighted by atomic mass is 9.88. The molecular weight excluding hydrogens is 286 g/mol. The molecule has 1 N–H and O–H groups in total. The van der Waals surface area contributed by atoms with Crippen LogP contribution in [0.15, 0.2) is 0 Å². The van der Waals surface area contributed by atoms with Crippen LogP contribution in [0.3, 0.4) is 0 Å². The Morgan fingerprint density at radius 2 is 1.71 bits per heavy atom. The van der Waals surface area contributed by atoms with E-state index in [1.807, 2.05) is 13.8 Å². The van der Waals surface area contributed by atoms with Crippen LogP contribution in [-0.4, -0.2) is 40.6 Å². The highest BCUT2D eigenvalue weighted by atomic mass is 35.5. The van der Waals surface area contributed by atoms with E-state index in [1.165, 1.54) is 0 Å². The fourth-order valence-electron chi connectivity index (χ4n) is 1.26. The van der Waals surface area contributed by atoms with Gasteiger partial charge in [-0.15, -0.1) is 11.6 Å². The predicted molar refractivity (Wildman–Crippen MR) is 70.4 cm³/mol. The Kier molecular flexibility index (Phi) is 6.41. The van der Waals surface area contributed by atoms with Crippen LogP contribution in [0, 0.1) is 5.41 Å². The molecule has 0 aliphatic carbocycles. The van der Waals surface area contributed by atoms with Crippen molar-refractivity contribution in [3.05, 3.63) is 0 Å². The van der Waals surface area contributed by atoms with E-state index in [9.17, 15) is 16.8 Å². The Morgan fingerprint density at radius 1 is 1.18 bits per heavy atom. The zero-order chi connectivity index (χ0) is 13.7. The van der Waals surface area contributed by atoms with E-state index in [2.05, 4.69) is 4.72 Å². The summed E-state index contributed by atoms with van der Waals surface area (Å²) in [4.78, 5) is 0. The maximum Gasteiger partial charge on any atom is 0.226 e. The van der Waals surface area contributed by atoms with Gasteiger partial charge >= 0.3 is 0 Å². The standard InChI is InChI=1S/C9H20ClNO4S2/c1-9(2,5-4-6-10)7-11-17(14,15)8-16(3,12)13/h11H,4-8H2,1-3H3. The number of sulfone groups is 1. The molecule has 0 spiro atoms.